The van der Waals surface area contributed by atoms with Gasteiger partial charge in [-0.2, -0.15) is 0 Å². The fraction of sp³-hybridized carbons (Fsp3) is 0.382. The third-order valence-electron chi connectivity index (χ3n) is 7.69. The van der Waals surface area contributed by atoms with Crippen LogP contribution in [-0.2, 0) is 20.8 Å². The van der Waals surface area contributed by atoms with Gasteiger partial charge in [-0.3, -0.25) is 9.59 Å². The first kappa shape index (κ1) is 31.4. The summed E-state index contributed by atoms with van der Waals surface area (Å²) in [5, 5.41) is 3.57. The SMILES string of the molecule is CC(C(=O)OCCCCOC(=O)c1cc(Br)c(N)c(CNC2CCCCC2)c1)c1cccc(C(=O)c2ccccc2)c1. The van der Waals surface area contributed by atoms with Gasteiger partial charge < -0.3 is 20.5 Å². The number of halogens is 1. The summed E-state index contributed by atoms with van der Waals surface area (Å²) in [5.74, 6) is -1.38. The molecule has 3 aromatic carbocycles. The van der Waals surface area contributed by atoms with Crippen molar-refractivity contribution in [2.45, 2.75) is 70.4 Å². The number of ketones is 1. The van der Waals surface area contributed by atoms with Gasteiger partial charge in [0.2, 0.25) is 0 Å². The van der Waals surface area contributed by atoms with Crippen LogP contribution in [0.25, 0.3) is 0 Å². The Morgan fingerprint density at radius 3 is 2.31 bits per heavy atom. The Labute approximate surface area is 256 Å². The highest BCUT2D eigenvalue weighted by Gasteiger charge is 2.19. The lowest BCUT2D eigenvalue weighted by atomic mass is 9.95. The van der Waals surface area contributed by atoms with Crippen LogP contribution in [0.1, 0.15) is 95.2 Å². The minimum absolute atomic E-state index is 0.0915. The molecule has 1 unspecified atom stereocenters. The lowest BCUT2D eigenvalue weighted by Crippen LogP contribution is -2.30. The van der Waals surface area contributed by atoms with Gasteiger partial charge in [0, 0.05) is 28.2 Å². The summed E-state index contributed by atoms with van der Waals surface area (Å²) >= 11 is 3.47. The van der Waals surface area contributed by atoms with E-state index in [-0.39, 0.29) is 25.0 Å². The van der Waals surface area contributed by atoms with Gasteiger partial charge >= 0.3 is 11.9 Å². The Balaban J connectivity index is 1.19. The minimum Gasteiger partial charge on any atom is -0.465 e. The number of benzene rings is 3. The number of hydrogen-bond acceptors (Lipinski definition) is 7. The van der Waals surface area contributed by atoms with Crippen LogP contribution in [0.5, 0.6) is 0 Å². The molecule has 0 radical (unpaired) electrons. The third kappa shape index (κ3) is 8.76. The monoisotopic (exact) mass is 634 g/mol. The molecule has 0 aromatic heterocycles. The van der Waals surface area contributed by atoms with E-state index in [4.69, 9.17) is 15.2 Å². The molecule has 0 amide bonds. The average molecular weight is 636 g/mol. The molecule has 0 saturated heterocycles. The normalized spacial score (nSPS) is 14.2. The number of ether oxygens (including phenoxy) is 2. The van der Waals surface area contributed by atoms with Crippen molar-refractivity contribution in [2.75, 3.05) is 18.9 Å². The van der Waals surface area contributed by atoms with E-state index >= 15 is 0 Å². The molecule has 42 heavy (non-hydrogen) atoms. The zero-order chi connectivity index (χ0) is 29.9. The largest absolute Gasteiger partial charge is 0.465 e. The number of carbonyl (C=O) groups is 3. The average Bonchev–Trinajstić information content (AvgIpc) is 3.03. The highest BCUT2D eigenvalue weighted by atomic mass is 79.9. The van der Waals surface area contributed by atoms with Crippen LogP contribution in [0, 0.1) is 0 Å². The number of hydrogen-bond donors (Lipinski definition) is 2. The molecule has 1 aliphatic carbocycles. The molecule has 0 spiro atoms. The summed E-state index contributed by atoms with van der Waals surface area (Å²) < 4.78 is 11.6. The fourth-order valence-corrected chi connectivity index (χ4v) is 5.59. The summed E-state index contributed by atoms with van der Waals surface area (Å²) in [4.78, 5) is 38.1. The Morgan fingerprint density at radius 1 is 0.881 bits per heavy atom. The number of rotatable bonds is 13. The molecule has 1 fully saturated rings. The molecule has 3 aromatic rings. The summed E-state index contributed by atoms with van der Waals surface area (Å²) in [7, 11) is 0. The first-order valence-corrected chi connectivity index (χ1v) is 15.5. The van der Waals surface area contributed by atoms with Crippen LogP contribution in [0.3, 0.4) is 0 Å². The van der Waals surface area contributed by atoms with Gasteiger partial charge in [0.1, 0.15) is 0 Å². The van der Waals surface area contributed by atoms with Crippen LogP contribution in [0.2, 0.25) is 0 Å². The first-order valence-electron chi connectivity index (χ1n) is 14.7. The van der Waals surface area contributed by atoms with E-state index in [2.05, 4.69) is 21.2 Å². The molecule has 1 saturated carbocycles. The number of unbranched alkanes of at least 4 members (excludes halogenated alkanes) is 1. The molecule has 7 nitrogen and oxygen atoms in total. The summed E-state index contributed by atoms with van der Waals surface area (Å²) in [5.41, 5.74) is 10.0. The molecular weight excluding hydrogens is 596 g/mol. The van der Waals surface area contributed by atoms with Crippen LogP contribution in [-0.4, -0.2) is 37.0 Å². The van der Waals surface area contributed by atoms with E-state index in [1.165, 1.54) is 32.1 Å². The van der Waals surface area contributed by atoms with Crippen LogP contribution < -0.4 is 11.1 Å². The standard InChI is InChI=1S/C34H39BrN2O5/c1-23(25-13-10-14-26(19-25)32(38)24-11-4-2-5-12-24)33(39)41-17-8-9-18-42-34(40)27-20-28(31(36)30(35)21-27)22-37-29-15-6-3-7-16-29/h2,4-5,10-14,19-21,23,29,37H,3,6-9,15-18,22,36H2,1H3. The molecule has 1 atom stereocenters. The maximum absolute atomic E-state index is 12.8. The predicted octanol–water partition coefficient (Wildman–Crippen LogP) is 6.97. The number of nitrogens with two attached hydrogens (primary N) is 1. The van der Waals surface area contributed by atoms with Crippen molar-refractivity contribution in [1.29, 1.82) is 0 Å². The molecule has 0 heterocycles. The second-order valence-electron chi connectivity index (χ2n) is 10.8. The molecular formula is C34H39BrN2O5. The van der Waals surface area contributed by atoms with Crippen molar-refractivity contribution >= 4 is 39.3 Å². The number of anilines is 1. The Kier molecular flexibility index (Phi) is 11.7. The molecule has 4 rings (SSSR count). The lowest BCUT2D eigenvalue weighted by Gasteiger charge is -2.23. The van der Waals surface area contributed by atoms with Crippen molar-refractivity contribution in [3.63, 3.8) is 0 Å². The quantitative estimate of drug-likeness (QED) is 0.0904. The summed E-state index contributed by atoms with van der Waals surface area (Å²) in [6.45, 7) is 2.80. The maximum Gasteiger partial charge on any atom is 0.338 e. The van der Waals surface area contributed by atoms with Gasteiger partial charge in [0.05, 0.1) is 30.4 Å². The van der Waals surface area contributed by atoms with Crippen molar-refractivity contribution in [1.82, 2.24) is 5.32 Å². The number of carbonyl (C=O) groups excluding carboxylic acids is 3. The van der Waals surface area contributed by atoms with E-state index in [1.54, 1.807) is 49.4 Å². The van der Waals surface area contributed by atoms with Crippen molar-refractivity contribution in [2.24, 2.45) is 0 Å². The minimum atomic E-state index is -0.517. The Bertz CT molecular complexity index is 1370. The zero-order valence-electron chi connectivity index (χ0n) is 24.1. The fourth-order valence-electron chi connectivity index (χ4n) is 5.09. The van der Waals surface area contributed by atoms with E-state index in [1.807, 2.05) is 24.3 Å². The van der Waals surface area contributed by atoms with Gasteiger partial charge in [-0.1, -0.05) is 67.8 Å². The molecule has 0 bridgehead atoms. The highest BCUT2D eigenvalue weighted by molar-refractivity contribution is 9.10. The smallest absolute Gasteiger partial charge is 0.338 e. The Hall–Kier alpha value is -3.49. The number of nitrogen functional groups attached to an aromatic ring is 1. The third-order valence-corrected chi connectivity index (χ3v) is 8.35. The van der Waals surface area contributed by atoms with Crippen molar-refractivity contribution < 1.29 is 23.9 Å². The second-order valence-corrected chi connectivity index (χ2v) is 11.7. The number of esters is 2. The van der Waals surface area contributed by atoms with E-state index in [0.29, 0.717) is 52.3 Å². The van der Waals surface area contributed by atoms with Crippen molar-refractivity contribution in [3.05, 3.63) is 99.0 Å². The highest BCUT2D eigenvalue weighted by Crippen LogP contribution is 2.27. The molecule has 3 N–H and O–H groups in total. The van der Waals surface area contributed by atoms with Crippen molar-refractivity contribution in [3.8, 4) is 0 Å². The van der Waals surface area contributed by atoms with Gasteiger partial charge in [0.25, 0.3) is 0 Å². The summed E-state index contributed by atoms with van der Waals surface area (Å²) in [6.07, 6.45) is 7.22. The topological polar surface area (TPSA) is 108 Å². The molecule has 0 aliphatic heterocycles. The molecule has 1 aliphatic rings. The zero-order valence-corrected chi connectivity index (χ0v) is 25.7. The van der Waals surface area contributed by atoms with E-state index in [0.717, 1.165) is 11.1 Å². The Morgan fingerprint density at radius 2 is 1.57 bits per heavy atom. The van der Waals surface area contributed by atoms with Gasteiger partial charge in [0.15, 0.2) is 5.78 Å². The van der Waals surface area contributed by atoms with E-state index in [9.17, 15) is 14.4 Å². The number of nitrogens with one attached hydrogen (secondary N) is 1. The summed E-state index contributed by atoms with van der Waals surface area (Å²) in [6, 6.07) is 20.1. The van der Waals surface area contributed by atoms with E-state index < -0.39 is 11.9 Å². The molecule has 8 heteroatoms. The van der Waals surface area contributed by atoms with Crippen LogP contribution in [0.4, 0.5) is 5.69 Å². The van der Waals surface area contributed by atoms with Gasteiger partial charge in [-0.15, -0.1) is 0 Å². The van der Waals surface area contributed by atoms with Gasteiger partial charge in [-0.05, 0) is 77.9 Å². The van der Waals surface area contributed by atoms with Crippen LogP contribution >= 0.6 is 15.9 Å². The van der Waals surface area contributed by atoms with Gasteiger partial charge in [-0.25, -0.2) is 4.79 Å². The maximum atomic E-state index is 12.8. The van der Waals surface area contributed by atoms with Crippen LogP contribution in [0.15, 0.2) is 71.2 Å². The first-order chi connectivity index (χ1) is 20.3. The second kappa shape index (κ2) is 15.7. The molecule has 222 valence electrons. The predicted molar refractivity (Wildman–Crippen MR) is 167 cm³/mol. The lowest BCUT2D eigenvalue weighted by molar-refractivity contribution is -0.145.